The Labute approximate surface area is 139 Å². The molecule has 120 valence electrons. The van der Waals surface area contributed by atoms with Gasteiger partial charge in [-0.05, 0) is 28.3 Å². The first-order valence-electron chi connectivity index (χ1n) is 7.76. The summed E-state index contributed by atoms with van der Waals surface area (Å²) in [5, 5.41) is 11.8. The number of quaternary nitrogens is 1. The van der Waals surface area contributed by atoms with Crippen LogP contribution in [0.5, 0.6) is 0 Å². The summed E-state index contributed by atoms with van der Waals surface area (Å²) in [7, 11) is 2.27. The van der Waals surface area contributed by atoms with Crippen molar-refractivity contribution in [1.29, 1.82) is 0 Å². The minimum absolute atomic E-state index is 0.307. The lowest BCUT2D eigenvalue weighted by atomic mass is 9.93. The molecule has 0 amide bonds. The normalized spacial score (nSPS) is 19.1. The number of hydroxylamine groups is 3. The molecule has 0 aromatic heterocycles. The van der Waals surface area contributed by atoms with E-state index in [9.17, 15) is 9.42 Å². The molecular formula is C19H21NO2S. The average Bonchev–Trinajstić information content (AvgIpc) is 2.62. The van der Waals surface area contributed by atoms with Crippen molar-refractivity contribution in [3.63, 3.8) is 0 Å². The number of rotatable bonds is 3. The Morgan fingerprint density at radius 2 is 1.74 bits per heavy atom. The van der Waals surface area contributed by atoms with E-state index in [4.69, 9.17) is 0 Å². The Balaban J connectivity index is 2.11. The molecule has 0 saturated heterocycles. The van der Waals surface area contributed by atoms with Crippen LogP contribution in [0.15, 0.2) is 59.5 Å². The predicted molar refractivity (Wildman–Crippen MR) is 95.0 cm³/mol. The Bertz CT molecular complexity index is 775. The van der Waals surface area contributed by atoms with Crippen molar-refractivity contribution >= 4 is 16.4 Å². The lowest BCUT2D eigenvalue weighted by molar-refractivity contribution is -0.839. The molecule has 3 rings (SSSR count). The number of hydrogen-bond donors (Lipinski definition) is 0. The fraction of sp³-hybridized carbons (Fsp3) is 0.263. The zero-order chi connectivity index (χ0) is 16.4. The van der Waals surface area contributed by atoms with E-state index >= 15 is 0 Å². The summed E-state index contributed by atoms with van der Waals surface area (Å²) in [6.07, 6.45) is 2.82. The number of fused-ring (bicyclic) bond motifs is 2. The highest BCUT2D eigenvalue weighted by Gasteiger charge is 2.21. The van der Waals surface area contributed by atoms with Crippen LogP contribution < -0.4 is 0 Å². The van der Waals surface area contributed by atoms with Gasteiger partial charge in [-0.15, -0.1) is 0 Å². The lowest BCUT2D eigenvalue weighted by Crippen LogP contribution is -2.32. The van der Waals surface area contributed by atoms with E-state index in [0.717, 1.165) is 27.2 Å². The van der Waals surface area contributed by atoms with Crippen LogP contribution in [0, 0.1) is 5.21 Å². The molecule has 0 spiro atoms. The van der Waals surface area contributed by atoms with Crippen LogP contribution in [0.3, 0.4) is 0 Å². The summed E-state index contributed by atoms with van der Waals surface area (Å²) in [5.74, 6) is 0.535. The van der Waals surface area contributed by atoms with E-state index in [0.29, 0.717) is 18.7 Å². The molecule has 0 fully saturated rings. The van der Waals surface area contributed by atoms with Gasteiger partial charge in [0, 0.05) is 11.3 Å². The van der Waals surface area contributed by atoms with E-state index < -0.39 is 10.8 Å². The molecule has 1 aliphatic heterocycles. The lowest BCUT2D eigenvalue weighted by Gasteiger charge is -2.33. The molecule has 2 aromatic carbocycles. The fourth-order valence-corrected chi connectivity index (χ4v) is 4.24. The zero-order valence-electron chi connectivity index (χ0n) is 13.5. The van der Waals surface area contributed by atoms with Gasteiger partial charge in [-0.1, -0.05) is 48.5 Å². The standard InChI is InChI=1S/C19H21NO2S/c1-20(2,21)13-7-11-17-16-9-4-3-8-15(16)14-23(22)19-12-6-5-10-18(17)19/h3-6,8-12H,7,13-14H2,1-2H3/b17-11+. The van der Waals surface area contributed by atoms with Crippen LogP contribution in [0.2, 0.25) is 0 Å². The van der Waals surface area contributed by atoms with Crippen molar-refractivity contribution < 1.29 is 8.86 Å². The summed E-state index contributed by atoms with van der Waals surface area (Å²) >= 11 is 0. The van der Waals surface area contributed by atoms with Gasteiger partial charge in [-0.2, -0.15) is 0 Å². The third-order valence-electron chi connectivity index (χ3n) is 4.03. The molecule has 0 radical (unpaired) electrons. The molecule has 3 nitrogen and oxygen atoms in total. The smallest absolute Gasteiger partial charge is 0.0815 e. The summed E-state index contributed by atoms with van der Waals surface area (Å²) in [6, 6.07) is 16.0. The molecule has 1 atom stereocenters. The highest BCUT2D eigenvalue weighted by atomic mass is 32.2. The molecule has 1 heterocycles. The maximum Gasteiger partial charge on any atom is 0.0815 e. The van der Waals surface area contributed by atoms with Gasteiger partial charge >= 0.3 is 0 Å². The maximum absolute atomic E-state index is 12.7. The first-order chi connectivity index (χ1) is 11.0. The highest BCUT2D eigenvalue weighted by Crippen LogP contribution is 2.35. The van der Waals surface area contributed by atoms with Gasteiger partial charge in [0.05, 0.1) is 37.2 Å². The molecule has 1 unspecified atom stereocenters. The molecule has 4 heteroatoms. The third-order valence-corrected chi connectivity index (χ3v) is 5.45. The van der Waals surface area contributed by atoms with Crippen molar-refractivity contribution in [3.05, 3.63) is 76.5 Å². The van der Waals surface area contributed by atoms with Crippen LogP contribution >= 0.6 is 0 Å². The van der Waals surface area contributed by atoms with Gasteiger partial charge < -0.3 is 9.85 Å². The van der Waals surface area contributed by atoms with Gasteiger partial charge in [0.15, 0.2) is 0 Å². The van der Waals surface area contributed by atoms with E-state index in [1.165, 1.54) is 0 Å². The maximum atomic E-state index is 12.7. The predicted octanol–water partition coefficient (Wildman–Crippen LogP) is 3.70. The number of nitrogens with zero attached hydrogens (tertiary/aromatic N) is 1. The quantitative estimate of drug-likeness (QED) is 0.637. The van der Waals surface area contributed by atoms with E-state index in [1.54, 1.807) is 14.1 Å². The Morgan fingerprint density at radius 3 is 2.48 bits per heavy atom. The first kappa shape index (κ1) is 16.1. The van der Waals surface area contributed by atoms with Crippen LogP contribution in [0.4, 0.5) is 0 Å². The topological polar surface area (TPSA) is 40.1 Å². The highest BCUT2D eigenvalue weighted by molar-refractivity contribution is 7.84. The van der Waals surface area contributed by atoms with Crippen LogP contribution in [-0.2, 0) is 16.6 Å². The SMILES string of the molecule is C[N+](C)([O-])CC/C=C1\c2ccccc2CS(=O)c2ccccc21. The van der Waals surface area contributed by atoms with Crippen molar-refractivity contribution in [1.82, 2.24) is 0 Å². The summed E-state index contributed by atoms with van der Waals surface area (Å²) in [5.41, 5.74) is 4.34. The van der Waals surface area contributed by atoms with Crippen molar-refractivity contribution in [2.75, 3.05) is 20.6 Å². The van der Waals surface area contributed by atoms with Gasteiger partial charge in [-0.25, -0.2) is 0 Å². The second-order valence-corrected chi connectivity index (χ2v) is 7.77. The average molecular weight is 327 g/mol. The first-order valence-corrected chi connectivity index (χ1v) is 9.08. The van der Waals surface area contributed by atoms with Gasteiger partial charge in [0.1, 0.15) is 0 Å². The Morgan fingerprint density at radius 1 is 1.09 bits per heavy atom. The van der Waals surface area contributed by atoms with Gasteiger partial charge in [0.2, 0.25) is 0 Å². The largest absolute Gasteiger partial charge is 0.633 e. The Hall–Kier alpha value is -1.75. The third kappa shape index (κ3) is 3.61. The number of benzene rings is 2. The van der Waals surface area contributed by atoms with Gasteiger partial charge in [-0.3, -0.25) is 4.21 Å². The molecular weight excluding hydrogens is 306 g/mol. The van der Waals surface area contributed by atoms with Crippen molar-refractivity contribution in [3.8, 4) is 0 Å². The van der Waals surface area contributed by atoms with E-state index in [1.807, 2.05) is 42.5 Å². The summed E-state index contributed by atoms with van der Waals surface area (Å²) in [4.78, 5) is 0.880. The summed E-state index contributed by atoms with van der Waals surface area (Å²) < 4.78 is 12.4. The minimum atomic E-state index is -1.04. The van der Waals surface area contributed by atoms with Gasteiger partial charge in [0.25, 0.3) is 0 Å². The molecule has 0 bridgehead atoms. The van der Waals surface area contributed by atoms with Crippen LogP contribution in [0.25, 0.3) is 5.57 Å². The van der Waals surface area contributed by atoms with Crippen molar-refractivity contribution in [2.24, 2.45) is 0 Å². The molecule has 0 aliphatic carbocycles. The van der Waals surface area contributed by atoms with Crippen LogP contribution in [0.1, 0.15) is 23.1 Å². The molecule has 2 aromatic rings. The molecule has 0 N–H and O–H groups in total. The van der Waals surface area contributed by atoms with E-state index in [-0.39, 0.29) is 4.65 Å². The van der Waals surface area contributed by atoms with Crippen molar-refractivity contribution in [2.45, 2.75) is 17.1 Å². The second kappa shape index (κ2) is 6.40. The monoisotopic (exact) mass is 327 g/mol. The number of hydrogen-bond acceptors (Lipinski definition) is 2. The van der Waals surface area contributed by atoms with Crippen LogP contribution in [-0.4, -0.2) is 29.5 Å². The van der Waals surface area contributed by atoms with E-state index in [2.05, 4.69) is 12.1 Å². The molecule has 0 saturated carbocycles. The Kier molecular flexibility index (Phi) is 4.48. The minimum Gasteiger partial charge on any atom is -0.633 e. The summed E-state index contributed by atoms with van der Waals surface area (Å²) in [6.45, 7) is 0.525. The zero-order valence-corrected chi connectivity index (χ0v) is 14.3. The molecule has 23 heavy (non-hydrogen) atoms. The molecule has 1 aliphatic rings. The fourth-order valence-electron chi connectivity index (χ4n) is 2.90. The second-order valence-electron chi connectivity index (χ2n) is 6.35.